The lowest BCUT2D eigenvalue weighted by Gasteiger charge is -1.99. The first-order valence-corrected chi connectivity index (χ1v) is 3.64. The summed E-state index contributed by atoms with van der Waals surface area (Å²) in [5.41, 5.74) is 0.400. The van der Waals surface area contributed by atoms with E-state index in [0.29, 0.717) is 16.9 Å². The van der Waals surface area contributed by atoms with Crippen molar-refractivity contribution in [1.82, 2.24) is 0 Å². The molecular formula is C9H10O3. The summed E-state index contributed by atoms with van der Waals surface area (Å²) in [5.74, 6) is 0.360. The van der Waals surface area contributed by atoms with Gasteiger partial charge in [0.15, 0.2) is 5.78 Å². The Morgan fingerprint density at radius 2 is 2.00 bits per heavy atom. The Kier molecular flexibility index (Phi) is 2.13. The molecule has 0 amide bonds. The van der Waals surface area contributed by atoms with Crippen LogP contribution >= 0.6 is 0 Å². The van der Waals surface area contributed by atoms with Crippen LogP contribution in [0, 0.1) is 13.8 Å². The number of carbonyl (C=O) groups is 1. The van der Waals surface area contributed by atoms with Crippen LogP contribution in [0.15, 0.2) is 15.3 Å². The molecule has 0 saturated heterocycles. The van der Waals surface area contributed by atoms with Crippen LogP contribution in [-0.4, -0.2) is 5.78 Å². The molecule has 0 N–H and O–H groups in total. The molecule has 1 aromatic heterocycles. The highest BCUT2D eigenvalue weighted by molar-refractivity contribution is 5.95. The van der Waals surface area contributed by atoms with Crippen molar-refractivity contribution in [3.05, 3.63) is 33.4 Å². The van der Waals surface area contributed by atoms with E-state index >= 15 is 0 Å². The maximum Gasteiger partial charge on any atom is 0.339 e. The lowest BCUT2D eigenvalue weighted by molar-refractivity contribution is 0.101. The summed E-state index contributed by atoms with van der Waals surface area (Å²) in [7, 11) is 0. The first-order chi connectivity index (χ1) is 5.52. The van der Waals surface area contributed by atoms with Crippen molar-refractivity contribution in [3.63, 3.8) is 0 Å². The van der Waals surface area contributed by atoms with Crippen LogP contribution in [0.4, 0.5) is 0 Å². The van der Waals surface area contributed by atoms with Crippen molar-refractivity contribution in [3.8, 4) is 0 Å². The van der Waals surface area contributed by atoms with Crippen molar-refractivity contribution in [2.75, 3.05) is 0 Å². The second kappa shape index (κ2) is 2.93. The van der Waals surface area contributed by atoms with Crippen molar-refractivity contribution in [2.24, 2.45) is 0 Å². The number of aryl methyl sites for hydroxylation is 1. The lowest BCUT2D eigenvalue weighted by Crippen LogP contribution is -2.10. The Hall–Kier alpha value is -1.38. The molecule has 0 aliphatic rings. The molecule has 0 spiro atoms. The van der Waals surface area contributed by atoms with Gasteiger partial charge in [-0.05, 0) is 26.8 Å². The van der Waals surface area contributed by atoms with Gasteiger partial charge in [-0.2, -0.15) is 0 Å². The summed E-state index contributed by atoms with van der Waals surface area (Å²) in [6.45, 7) is 4.66. The molecule has 3 nitrogen and oxygen atoms in total. The van der Waals surface area contributed by atoms with Gasteiger partial charge >= 0.3 is 5.63 Å². The van der Waals surface area contributed by atoms with E-state index < -0.39 is 5.63 Å². The third-order valence-electron chi connectivity index (χ3n) is 1.69. The second-order valence-electron chi connectivity index (χ2n) is 2.74. The third-order valence-corrected chi connectivity index (χ3v) is 1.69. The normalized spacial score (nSPS) is 9.92. The topological polar surface area (TPSA) is 47.3 Å². The standard InChI is InChI=1S/C9H10O3/c1-5-4-8(7(3)10)6(2)9(11)12-5/h4H,1-3H3. The molecule has 0 radical (unpaired) electrons. The van der Waals surface area contributed by atoms with E-state index in [1.165, 1.54) is 6.92 Å². The molecule has 1 heterocycles. The van der Waals surface area contributed by atoms with Crippen molar-refractivity contribution < 1.29 is 9.21 Å². The average molecular weight is 166 g/mol. The van der Waals surface area contributed by atoms with Crippen LogP contribution < -0.4 is 5.63 Å². The van der Waals surface area contributed by atoms with Crippen LogP contribution in [0.1, 0.15) is 28.6 Å². The van der Waals surface area contributed by atoms with Crippen LogP contribution in [-0.2, 0) is 0 Å². The maximum atomic E-state index is 11.0. The Bertz CT molecular complexity index is 374. The number of hydrogen-bond acceptors (Lipinski definition) is 3. The summed E-state index contributed by atoms with van der Waals surface area (Å²) in [4.78, 5) is 22.0. The smallest absolute Gasteiger partial charge is 0.339 e. The molecule has 0 unspecified atom stereocenters. The predicted octanol–water partition coefficient (Wildman–Crippen LogP) is 1.46. The van der Waals surface area contributed by atoms with Gasteiger partial charge in [0.2, 0.25) is 0 Å². The minimum Gasteiger partial charge on any atom is -0.428 e. The molecule has 64 valence electrons. The molecule has 3 heteroatoms. The van der Waals surface area contributed by atoms with E-state index in [0.717, 1.165) is 0 Å². The highest BCUT2D eigenvalue weighted by atomic mass is 16.4. The van der Waals surface area contributed by atoms with Crippen molar-refractivity contribution >= 4 is 5.78 Å². The van der Waals surface area contributed by atoms with Gasteiger partial charge in [0.1, 0.15) is 5.76 Å². The van der Waals surface area contributed by atoms with Crippen LogP contribution in [0.2, 0.25) is 0 Å². The zero-order valence-electron chi connectivity index (χ0n) is 7.30. The maximum absolute atomic E-state index is 11.0. The van der Waals surface area contributed by atoms with E-state index in [1.54, 1.807) is 19.9 Å². The van der Waals surface area contributed by atoms with Gasteiger partial charge in [-0.25, -0.2) is 4.79 Å². The zero-order valence-corrected chi connectivity index (χ0v) is 7.30. The number of ketones is 1. The molecule has 1 rings (SSSR count). The SMILES string of the molecule is CC(=O)c1cc(C)oc(=O)c1C. The Morgan fingerprint density at radius 1 is 1.42 bits per heavy atom. The molecule has 0 fully saturated rings. The van der Waals surface area contributed by atoms with Gasteiger partial charge in [0, 0.05) is 11.1 Å². The van der Waals surface area contributed by atoms with Gasteiger partial charge in [0.25, 0.3) is 0 Å². The lowest BCUT2D eigenvalue weighted by atomic mass is 10.1. The van der Waals surface area contributed by atoms with E-state index in [1.807, 2.05) is 0 Å². The van der Waals surface area contributed by atoms with E-state index in [4.69, 9.17) is 4.42 Å². The van der Waals surface area contributed by atoms with E-state index in [-0.39, 0.29) is 5.78 Å². The number of Topliss-reactive ketones (excluding diaryl/α,β-unsaturated/α-hetero) is 1. The van der Waals surface area contributed by atoms with E-state index in [2.05, 4.69) is 0 Å². The second-order valence-corrected chi connectivity index (χ2v) is 2.74. The fraction of sp³-hybridized carbons (Fsp3) is 0.333. The van der Waals surface area contributed by atoms with Crippen molar-refractivity contribution in [2.45, 2.75) is 20.8 Å². The fourth-order valence-corrected chi connectivity index (χ4v) is 1.04. The van der Waals surface area contributed by atoms with Gasteiger partial charge in [-0.15, -0.1) is 0 Å². The summed E-state index contributed by atoms with van der Waals surface area (Å²) in [6, 6.07) is 1.58. The van der Waals surface area contributed by atoms with Gasteiger partial charge in [-0.1, -0.05) is 0 Å². The summed E-state index contributed by atoms with van der Waals surface area (Å²) in [6.07, 6.45) is 0. The average Bonchev–Trinajstić information content (AvgIpc) is 1.96. The van der Waals surface area contributed by atoms with Crippen LogP contribution in [0.25, 0.3) is 0 Å². The Labute approximate surface area is 70.0 Å². The quantitative estimate of drug-likeness (QED) is 0.593. The third kappa shape index (κ3) is 1.44. The number of hydrogen-bond donors (Lipinski definition) is 0. The Balaban J connectivity index is 3.48. The molecule has 0 aliphatic carbocycles. The molecule has 1 aromatic rings. The first kappa shape index (κ1) is 8.71. The summed E-state index contributed by atoms with van der Waals surface area (Å²) < 4.78 is 4.79. The highest BCUT2D eigenvalue weighted by Gasteiger charge is 2.08. The minimum absolute atomic E-state index is 0.108. The van der Waals surface area contributed by atoms with E-state index in [9.17, 15) is 9.59 Å². The van der Waals surface area contributed by atoms with Gasteiger partial charge in [0.05, 0.1) is 0 Å². The minimum atomic E-state index is -0.430. The predicted molar refractivity (Wildman–Crippen MR) is 44.5 cm³/mol. The highest BCUT2D eigenvalue weighted by Crippen LogP contribution is 2.06. The first-order valence-electron chi connectivity index (χ1n) is 3.64. The molecule has 0 aromatic carbocycles. The fourth-order valence-electron chi connectivity index (χ4n) is 1.04. The Morgan fingerprint density at radius 3 is 2.50 bits per heavy atom. The molecule has 0 bridgehead atoms. The zero-order chi connectivity index (χ0) is 9.30. The number of rotatable bonds is 1. The molecule has 0 atom stereocenters. The molecular weight excluding hydrogens is 156 g/mol. The monoisotopic (exact) mass is 166 g/mol. The van der Waals surface area contributed by atoms with Crippen LogP contribution in [0.3, 0.4) is 0 Å². The molecule has 0 saturated carbocycles. The largest absolute Gasteiger partial charge is 0.428 e. The van der Waals surface area contributed by atoms with Crippen molar-refractivity contribution in [1.29, 1.82) is 0 Å². The number of carbonyl (C=O) groups excluding carboxylic acids is 1. The van der Waals surface area contributed by atoms with Gasteiger partial charge < -0.3 is 4.42 Å². The summed E-state index contributed by atoms with van der Waals surface area (Å²) in [5, 5.41) is 0. The van der Waals surface area contributed by atoms with Gasteiger partial charge in [-0.3, -0.25) is 4.79 Å². The van der Waals surface area contributed by atoms with Crippen LogP contribution in [0.5, 0.6) is 0 Å². The molecule has 12 heavy (non-hydrogen) atoms. The summed E-state index contributed by atoms with van der Waals surface area (Å²) >= 11 is 0. The molecule has 0 aliphatic heterocycles.